The Morgan fingerprint density at radius 3 is 2.00 bits per heavy atom. The molecule has 1 unspecified atom stereocenters. The van der Waals surface area contributed by atoms with E-state index in [-0.39, 0.29) is 0 Å². The maximum absolute atomic E-state index is 6.75. The van der Waals surface area contributed by atoms with Crippen LogP contribution in [-0.2, 0) is 5.41 Å². The van der Waals surface area contributed by atoms with Crippen molar-refractivity contribution in [3.8, 4) is 50.8 Å². The Morgan fingerprint density at radius 2 is 1.32 bits per heavy atom. The largest absolute Gasteiger partial charge is 0.457 e. The van der Waals surface area contributed by atoms with E-state index in [1.54, 1.807) is 12.2 Å². The Hall–Kier alpha value is -7.17. The second kappa shape index (κ2) is 16.6. The first-order valence-corrected chi connectivity index (χ1v) is 20.5. The molecule has 0 saturated carbocycles. The highest BCUT2D eigenvalue weighted by Gasteiger charge is 2.52. The topological polar surface area (TPSA) is 47.9 Å². The van der Waals surface area contributed by atoms with E-state index in [1.165, 1.54) is 44.5 Å². The first-order valence-electron chi connectivity index (χ1n) is 20.5. The van der Waals surface area contributed by atoms with Crippen molar-refractivity contribution in [2.75, 3.05) is 0 Å². The number of fused-ring (bicyclic) bond motifs is 7. The van der Waals surface area contributed by atoms with Gasteiger partial charge in [-0.3, -0.25) is 0 Å². The number of hydrogen-bond acceptors (Lipinski definition) is 4. The van der Waals surface area contributed by atoms with Gasteiger partial charge in [-0.2, -0.15) is 0 Å². The van der Waals surface area contributed by atoms with Crippen molar-refractivity contribution in [2.24, 2.45) is 0 Å². The van der Waals surface area contributed by atoms with Gasteiger partial charge in [0, 0.05) is 16.7 Å². The minimum atomic E-state index is -0.522. The second-order valence-electron chi connectivity index (χ2n) is 15.1. The fraction of sp³-hybridized carbons (Fsp3) is 0.125. The van der Waals surface area contributed by atoms with Gasteiger partial charge in [0.1, 0.15) is 11.5 Å². The molecule has 1 spiro atoms. The zero-order chi connectivity index (χ0) is 42.0. The minimum absolute atomic E-state index is 0.522. The third-order valence-corrected chi connectivity index (χ3v) is 11.8. The lowest BCUT2D eigenvalue weighted by Crippen LogP contribution is -2.27. The average Bonchev–Trinajstić information content (AvgIpc) is 3.72. The van der Waals surface area contributed by atoms with Gasteiger partial charge in [-0.1, -0.05) is 159 Å². The van der Waals surface area contributed by atoms with Crippen LogP contribution in [-0.4, -0.2) is 15.0 Å². The van der Waals surface area contributed by atoms with E-state index in [9.17, 15) is 0 Å². The molecule has 4 heteroatoms. The fourth-order valence-corrected chi connectivity index (χ4v) is 8.83. The first-order chi connectivity index (χ1) is 29.3. The van der Waals surface area contributed by atoms with Crippen LogP contribution in [0.4, 0.5) is 0 Å². The number of hydrogen-bond donors (Lipinski definition) is 0. The average molecular weight is 780 g/mol. The summed E-state index contributed by atoms with van der Waals surface area (Å²) in [6.45, 7) is 20.7. The molecule has 1 heterocycles. The molecule has 0 saturated heterocycles. The predicted octanol–water partition coefficient (Wildman–Crippen LogP) is 14.4. The van der Waals surface area contributed by atoms with Gasteiger partial charge in [0.2, 0.25) is 0 Å². The summed E-state index contributed by atoms with van der Waals surface area (Å²) in [7, 11) is 0. The van der Waals surface area contributed by atoms with Crippen LogP contribution in [0.15, 0.2) is 194 Å². The van der Waals surface area contributed by atoms with Crippen LogP contribution in [0.3, 0.4) is 0 Å². The van der Waals surface area contributed by atoms with E-state index < -0.39 is 5.41 Å². The quantitative estimate of drug-likeness (QED) is 0.0970. The number of aromatic nitrogens is 3. The van der Waals surface area contributed by atoms with Crippen molar-refractivity contribution < 1.29 is 4.74 Å². The van der Waals surface area contributed by atoms with Gasteiger partial charge < -0.3 is 4.74 Å². The first kappa shape index (κ1) is 39.6. The molecule has 0 amide bonds. The molecule has 1 aromatic heterocycles. The zero-order valence-corrected chi connectivity index (χ0v) is 35.3. The molecule has 6 aromatic rings. The molecule has 0 aliphatic heterocycles. The molecule has 0 N–H and O–H groups in total. The van der Waals surface area contributed by atoms with Gasteiger partial charge in [-0.05, 0) is 127 Å². The Balaban J connectivity index is 1.28. The lowest BCUT2D eigenvalue weighted by molar-refractivity contribution is 0.431. The van der Waals surface area contributed by atoms with Gasteiger partial charge >= 0.3 is 0 Å². The molecule has 0 radical (unpaired) electrons. The Morgan fingerprint density at radius 1 is 0.650 bits per heavy atom. The Bertz CT molecular complexity index is 2870. The predicted molar refractivity (Wildman–Crippen MR) is 251 cm³/mol. The summed E-state index contributed by atoms with van der Waals surface area (Å²) in [4.78, 5) is 14.8. The highest BCUT2D eigenvalue weighted by atomic mass is 16.5. The second-order valence-corrected chi connectivity index (χ2v) is 15.1. The van der Waals surface area contributed by atoms with Crippen LogP contribution >= 0.6 is 0 Å². The minimum Gasteiger partial charge on any atom is -0.457 e. The van der Waals surface area contributed by atoms with Crippen LogP contribution in [0.25, 0.3) is 56.2 Å². The summed E-state index contributed by atoms with van der Waals surface area (Å²) in [6.07, 6.45) is 17.9. The normalized spacial score (nSPS) is 16.1. The van der Waals surface area contributed by atoms with Crippen molar-refractivity contribution in [2.45, 2.75) is 47.0 Å². The Kier molecular flexibility index (Phi) is 11.0. The summed E-state index contributed by atoms with van der Waals surface area (Å²) in [5, 5.41) is 0. The summed E-state index contributed by atoms with van der Waals surface area (Å²) >= 11 is 0. The smallest absolute Gasteiger partial charge is 0.164 e. The molecular formula is C56H49N3O. The lowest BCUT2D eigenvalue weighted by Gasteiger charge is -2.33. The highest BCUT2D eigenvalue weighted by molar-refractivity contribution is 5.98. The number of nitrogens with zero attached hydrogens (tertiary/aromatic N) is 3. The molecule has 5 aromatic carbocycles. The summed E-state index contributed by atoms with van der Waals surface area (Å²) in [5.74, 6) is 3.42. The third-order valence-electron chi connectivity index (χ3n) is 11.8. The highest BCUT2D eigenvalue weighted by Crippen LogP contribution is 2.63. The number of allylic oxidation sites excluding steroid dienone is 13. The fourth-order valence-electron chi connectivity index (χ4n) is 8.83. The van der Waals surface area contributed by atoms with Crippen LogP contribution in [0.1, 0.15) is 68.3 Å². The molecule has 8 rings (SSSR count). The van der Waals surface area contributed by atoms with E-state index in [0.717, 1.165) is 50.5 Å². The molecule has 1 atom stereocenters. The lowest BCUT2D eigenvalue weighted by atomic mass is 9.68. The van der Waals surface area contributed by atoms with Crippen LogP contribution in [0.5, 0.6) is 5.75 Å². The summed E-state index contributed by atoms with van der Waals surface area (Å²) in [6, 6.07) is 38.8. The van der Waals surface area contributed by atoms with Gasteiger partial charge in [0.15, 0.2) is 17.5 Å². The van der Waals surface area contributed by atoms with Crippen LogP contribution in [0, 0.1) is 6.92 Å². The molecule has 60 heavy (non-hydrogen) atoms. The Labute approximate surface area is 354 Å². The van der Waals surface area contributed by atoms with Crippen molar-refractivity contribution >= 4 is 11.1 Å². The molecular weight excluding hydrogens is 731 g/mol. The van der Waals surface area contributed by atoms with E-state index in [0.29, 0.717) is 17.5 Å². The zero-order valence-electron chi connectivity index (χ0n) is 35.3. The van der Waals surface area contributed by atoms with Crippen molar-refractivity contribution in [1.29, 1.82) is 0 Å². The molecule has 4 nitrogen and oxygen atoms in total. The van der Waals surface area contributed by atoms with Crippen molar-refractivity contribution in [3.63, 3.8) is 0 Å². The van der Waals surface area contributed by atoms with E-state index >= 15 is 0 Å². The maximum atomic E-state index is 6.75. The SMILES string of the molecule is C=C/C=C(Oc1ccc2c(c1C)C1(C(C)=C(/C=C\C)c3ccccc31)c1cc(-c3ccc(-c4nc(/C(C=C)=C/C=C\C)nc(-c5ccccc5)n4)cc3)ccc1-2)\C(C)=C/C. The number of rotatable bonds is 11. The van der Waals surface area contributed by atoms with E-state index in [1.807, 2.05) is 68.5 Å². The number of benzene rings is 5. The summed E-state index contributed by atoms with van der Waals surface area (Å²) in [5.41, 5.74) is 16.7. The van der Waals surface area contributed by atoms with Crippen LogP contribution in [0.2, 0.25) is 0 Å². The van der Waals surface area contributed by atoms with E-state index in [4.69, 9.17) is 19.7 Å². The summed E-state index contributed by atoms with van der Waals surface area (Å²) < 4.78 is 6.75. The van der Waals surface area contributed by atoms with Crippen LogP contribution < -0.4 is 4.74 Å². The van der Waals surface area contributed by atoms with Gasteiger partial charge in [0.05, 0.1) is 5.41 Å². The third kappa shape index (κ3) is 6.64. The van der Waals surface area contributed by atoms with Gasteiger partial charge in [0.25, 0.3) is 0 Å². The van der Waals surface area contributed by atoms with Crippen molar-refractivity contribution in [3.05, 3.63) is 228 Å². The number of ether oxygens (including phenoxy) is 1. The molecule has 2 aliphatic rings. The standard InChI is InChI=1S/C56H49N3O/c1-9-14-22-39(13-5)53-57-54(41-23-16-15-17-24-41)59-55(58-53)42-29-27-40(28-30-42)43-31-32-46-47-33-34-51(60-50(21-11-3)36(6)12-4)37(7)52(47)56(49(46)35-43)38(8)44(20-10-2)45-25-18-19-26-48(45)56/h9-35H,3,5H2,1-2,4,6-8H3/b14-9-,20-10-,36-12-,39-22+,50-21+. The van der Waals surface area contributed by atoms with Gasteiger partial charge in [-0.15, -0.1) is 0 Å². The molecule has 0 fully saturated rings. The molecule has 0 bridgehead atoms. The molecule has 294 valence electrons. The monoisotopic (exact) mass is 779 g/mol. The maximum Gasteiger partial charge on any atom is 0.164 e. The molecule has 2 aliphatic carbocycles. The van der Waals surface area contributed by atoms with Crippen molar-refractivity contribution in [1.82, 2.24) is 15.0 Å². The van der Waals surface area contributed by atoms with E-state index in [2.05, 4.69) is 138 Å². The van der Waals surface area contributed by atoms with Gasteiger partial charge in [-0.25, -0.2) is 15.0 Å².